The number of carbonyl (C=O) groups is 1. The highest BCUT2D eigenvalue weighted by molar-refractivity contribution is 7.12. The molecule has 0 unspecified atom stereocenters. The molecule has 1 heterocycles. The molecule has 0 bridgehead atoms. The summed E-state index contributed by atoms with van der Waals surface area (Å²) < 4.78 is 5.98. The summed E-state index contributed by atoms with van der Waals surface area (Å²) in [4.78, 5) is 13.3. The van der Waals surface area contributed by atoms with Crippen LogP contribution in [0.4, 0.5) is 0 Å². The summed E-state index contributed by atoms with van der Waals surface area (Å²) in [5, 5.41) is 5.07. The fourth-order valence-corrected chi connectivity index (χ4v) is 4.27. The van der Waals surface area contributed by atoms with Crippen molar-refractivity contribution < 1.29 is 9.53 Å². The van der Waals surface area contributed by atoms with Gasteiger partial charge < -0.3 is 10.1 Å². The molecule has 2 saturated carbocycles. The van der Waals surface area contributed by atoms with Gasteiger partial charge in [-0.05, 0) is 79.1 Å². The highest BCUT2D eigenvalue weighted by Crippen LogP contribution is 2.43. The monoisotopic (exact) mass is 341 g/mol. The van der Waals surface area contributed by atoms with Gasteiger partial charge in [-0.1, -0.05) is 12.1 Å². The van der Waals surface area contributed by atoms with E-state index in [-0.39, 0.29) is 5.91 Å². The van der Waals surface area contributed by atoms with Crippen molar-refractivity contribution in [2.45, 2.75) is 57.1 Å². The number of ether oxygens (including phenoxy) is 1. The number of thiophene rings is 1. The van der Waals surface area contributed by atoms with Crippen LogP contribution in [0.2, 0.25) is 0 Å². The first-order valence-corrected chi connectivity index (χ1v) is 9.79. The van der Waals surface area contributed by atoms with Gasteiger partial charge in [-0.15, -0.1) is 11.3 Å². The number of carbonyl (C=O) groups excluding carboxylic acids is 1. The van der Waals surface area contributed by atoms with Crippen LogP contribution in [-0.2, 0) is 6.54 Å². The van der Waals surface area contributed by atoms with Gasteiger partial charge in [0.25, 0.3) is 5.91 Å². The Labute approximate surface area is 147 Å². The molecule has 2 fully saturated rings. The second-order valence-corrected chi connectivity index (χ2v) is 7.75. The molecule has 1 aromatic heterocycles. The van der Waals surface area contributed by atoms with Crippen LogP contribution in [0.25, 0.3) is 0 Å². The molecule has 4 heteroatoms. The Bertz CT molecular complexity index is 697. The van der Waals surface area contributed by atoms with E-state index in [1.165, 1.54) is 44.1 Å². The molecule has 0 atom stereocenters. The summed E-state index contributed by atoms with van der Waals surface area (Å²) in [6, 6.07) is 10.2. The molecule has 24 heavy (non-hydrogen) atoms. The molecule has 2 aliphatic carbocycles. The van der Waals surface area contributed by atoms with Gasteiger partial charge >= 0.3 is 0 Å². The second-order valence-electron chi connectivity index (χ2n) is 6.83. The van der Waals surface area contributed by atoms with Gasteiger partial charge in [0.05, 0.1) is 11.0 Å². The van der Waals surface area contributed by atoms with Crippen molar-refractivity contribution >= 4 is 17.2 Å². The minimum atomic E-state index is 0.0539. The van der Waals surface area contributed by atoms with Gasteiger partial charge in [-0.3, -0.25) is 4.79 Å². The number of hydrogen-bond acceptors (Lipinski definition) is 3. The molecular weight excluding hydrogens is 318 g/mol. The standard InChI is InChI=1S/C20H23NO2S/c22-20(19-18(11-12-24-19)15-7-8-15)21-13-14-5-9-17(10-6-14)23-16-3-1-2-4-16/h5-6,9-12,15-16H,1-4,7-8,13H2,(H,21,22). The predicted octanol–water partition coefficient (Wildman–Crippen LogP) is 4.88. The van der Waals surface area contributed by atoms with Gasteiger partial charge in [-0.2, -0.15) is 0 Å². The second kappa shape index (κ2) is 6.98. The molecule has 4 rings (SSSR count). The van der Waals surface area contributed by atoms with Crippen LogP contribution in [0.15, 0.2) is 35.7 Å². The third-order valence-electron chi connectivity index (χ3n) is 4.90. The minimum Gasteiger partial charge on any atom is -0.490 e. The van der Waals surface area contributed by atoms with E-state index >= 15 is 0 Å². The predicted molar refractivity (Wildman–Crippen MR) is 96.8 cm³/mol. The minimum absolute atomic E-state index is 0.0539. The summed E-state index contributed by atoms with van der Waals surface area (Å²) in [6.07, 6.45) is 7.72. The van der Waals surface area contributed by atoms with Crippen LogP contribution in [0, 0.1) is 0 Å². The van der Waals surface area contributed by atoms with Crippen LogP contribution in [0.3, 0.4) is 0 Å². The van der Waals surface area contributed by atoms with Gasteiger partial charge in [0.1, 0.15) is 5.75 Å². The van der Waals surface area contributed by atoms with Crippen molar-refractivity contribution in [1.82, 2.24) is 5.32 Å². The lowest BCUT2D eigenvalue weighted by Gasteiger charge is -2.13. The van der Waals surface area contributed by atoms with Crippen molar-refractivity contribution in [2.75, 3.05) is 0 Å². The highest BCUT2D eigenvalue weighted by Gasteiger charge is 2.28. The lowest BCUT2D eigenvalue weighted by atomic mass is 10.1. The summed E-state index contributed by atoms with van der Waals surface area (Å²) in [6.45, 7) is 0.560. The fraction of sp³-hybridized carbons (Fsp3) is 0.450. The Hall–Kier alpha value is -1.81. The fourth-order valence-electron chi connectivity index (χ4n) is 3.37. The molecule has 1 N–H and O–H groups in total. The first-order chi connectivity index (χ1) is 11.8. The topological polar surface area (TPSA) is 38.3 Å². The molecule has 1 amide bonds. The lowest BCUT2D eigenvalue weighted by Crippen LogP contribution is -2.22. The van der Waals surface area contributed by atoms with E-state index in [2.05, 4.69) is 11.4 Å². The maximum absolute atomic E-state index is 12.4. The largest absolute Gasteiger partial charge is 0.490 e. The van der Waals surface area contributed by atoms with E-state index in [4.69, 9.17) is 4.74 Å². The third-order valence-corrected chi connectivity index (χ3v) is 5.83. The molecule has 0 radical (unpaired) electrons. The zero-order chi connectivity index (χ0) is 16.4. The SMILES string of the molecule is O=C(NCc1ccc(OC2CCCC2)cc1)c1sccc1C1CC1. The van der Waals surface area contributed by atoms with Crippen LogP contribution in [0.5, 0.6) is 5.75 Å². The highest BCUT2D eigenvalue weighted by atomic mass is 32.1. The quantitative estimate of drug-likeness (QED) is 0.813. The average Bonchev–Trinajstić information content (AvgIpc) is 3.10. The Balaban J connectivity index is 1.32. The number of amides is 1. The van der Waals surface area contributed by atoms with E-state index in [9.17, 15) is 4.79 Å². The molecule has 126 valence electrons. The van der Waals surface area contributed by atoms with Crippen molar-refractivity contribution in [2.24, 2.45) is 0 Å². The third kappa shape index (κ3) is 3.64. The summed E-state index contributed by atoms with van der Waals surface area (Å²) in [5.74, 6) is 1.61. The molecule has 3 nitrogen and oxygen atoms in total. The Morgan fingerprint density at radius 2 is 1.83 bits per heavy atom. The molecule has 0 aliphatic heterocycles. The van der Waals surface area contributed by atoms with Crippen LogP contribution in [-0.4, -0.2) is 12.0 Å². The lowest BCUT2D eigenvalue weighted by molar-refractivity contribution is 0.0954. The number of hydrogen-bond donors (Lipinski definition) is 1. The van der Waals surface area contributed by atoms with E-state index in [0.29, 0.717) is 18.6 Å². The Morgan fingerprint density at radius 1 is 1.08 bits per heavy atom. The zero-order valence-corrected chi connectivity index (χ0v) is 14.6. The normalized spacial score (nSPS) is 17.8. The maximum atomic E-state index is 12.4. The number of rotatable bonds is 6. The van der Waals surface area contributed by atoms with Gasteiger partial charge in [-0.25, -0.2) is 0 Å². The molecule has 2 aromatic rings. The van der Waals surface area contributed by atoms with Gasteiger partial charge in [0, 0.05) is 6.54 Å². The van der Waals surface area contributed by atoms with Crippen LogP contribution in [0.1, 0.15) is 65.2 Å². The molecule has 1 aromatic carbocycles. The number of nitrogens with one attached hydrogen (secondary N) is 1. The van der Waals surface area contributed by atoms with E-state index in [1.807, 2.05) is 29.6 Å². The van der Waals surface area contributed by atoms with Crippen molar-refractivity contribution in [3.05, 3.63) is 51.7 Å². The maximum Gasteiger partial charge on any atom is 0.261 e. The molecule has 0 spiro atoms. The van der Waals surface area contributed by atoms with Crippen molar-refractivity contribution in [3.8, 4) is 5.75 Å². The van der Waals surface area contributed by atoms with Crippen LogP contribution < -0.4 is 10.1 Å². The average molecular weight is 341 g/mol. The Morgan fingerprint density at radius 3 is 2.54 bits per heavy atom. The van der Waals surface area contributed by atoms with E-state index in [1.54, 1.807) is 11.3 Å². The van der Waals surface area contributed by atoms with Crippen molar-refractivity contribution in [3.63, 3.8) is 0 Å². The summed E-state index contributed by atoms with van der Waals surface area (Å²) in [5.41, 5.74) is 2.34. The molecule has 2 aliphatic rings. The van der Waals surface area contributed by atoms with Gasteiger partial charge in [0.2, 0.25) is 0 Å². The molecular formula is C20H23NO2S. The zero-order valence-electron chi connectivity index (χ0n) is 13.8. The first-order valence-electron chi connectivity index (χ1n) is 8.91. The van der Waals surface area contributed by atoms with Crippen LogP contribution >= 0.6 is 11.3 Å². The van der Waals surface area contributed by atoms with Gasteiger partial charge in [0.15, 0.2) is 0 Å². The van der Waals surface area contributed by atoms with E-state index in [0.717, 1.165) is 16.2 Å². The smallest absolute Gasteiger partial charge is 0.261 e. The Kier molecular flexibility index (Phi) is 4.56. The van der Waals surface area contributed by atoms with Crippen molar-refractivity contribution in [1.29, 1.82) is 0 Å². The summed E-state index contributed by atoms with van der Waals surface area (Å²) >= 11 is 1.55. The first kappa shape index (κ1) is 15.7. The number of benzene rings is 1. The summed E-state index contributed by atoms with van der Waals surface area (Å²) in [7, 11) is 0. The molecule has 0 saturated heterocycles. The van der Waals surface area contributed by atoms with E-state index < -0.39 is 0 Å².